The number of nitrogens with zero attached hydrogens (tertiary/aromatic N) is 3. The Kier molecular flexibility index (Phi) is 0.813. The standard InChI is InChI=1S/C9H8BrN3/c1-7-12-9(10)6-13(7)8-3-2-4-11-5-8/h2-6H,1H3/i1D3,2D,3D,4D,5D,6D. The molecule has 2 rings (SSSR count). The van der Waals surface area contributed by atoms with Crippen LogP contribution in [0.3, 0.4) is 0 Å². The summed E-state index contributed by atoms with van der Waals surface area (Å²) in [5, 5.41) is 0. The predicted molar refractivity (Wildman–Crippen MR) is 53.8 cm³/mol. The van der Waals surface area contributed by atoms with E-state index < -0.39 is 37.1 Å². The molecule has 2 aromatic rings. The maximum absolute atomic E-state index is 7.85. The van der Waals surface area contributed by atoms with Crippen molar-refractivity contribution in [1.29, 1.82) is 0 Å². The summed E-state index contributed by atoms with van der Waals surface area (Å²) >= 11 is 2.94. The molecule has 0 unspecified atom stereocenters. The van der Waals surface area contributed by atoms with Crippen LogP contribution in [0, 0.1) is 6.85 Å². The highest BCUT2D eigenvalue weighted by Gasteiger charge is 2.02. The van der Waals surface area contributed by atoms with Crippen molar-refractivity contribution in [2.24, 2.45) is 0 Å². The van der Waals surface area contributed by atoms with E-state index in [4.69, 9.17) is 11.0 Å². The molecule has 2 heterocycles. The van der Waals surface area contributed by atoms with E-state index in [2.05, 4.69) is 25.9 Å². The molecule has 0 aliphatic carbocycles. The van der Waals surface area contributed by atoms with Gasteiger partial charge in [0.05, 0.1) is 18.7 Å². The lowest BCUT2D eigenvalue weighted by molar-refractivity contribution is 0.965. The van der Waals surface area contributed by atoms with Crippen LogP contribution in [0.25, 0.3) is 5.69 Å². The minimum absolute atomic E-state index is 0.0612. The molecular formula is C9H8BrN3. The first kappa shape index (κ1) is 3.20. The molecule has 0 aromatic carbocycles. The first-order valence-corrected chi connectivity index (χ1v) is 4.05. The van der Waals surface area contributed by atoms with Crippen molar-refractivity contribution < 1.29 is 11.0 Å². The Balaban J connectivity index is 2.89. The van der Waals surface area contributed by atoms with Gasteiger partial charge in [0, 0.05) is 16.5 Å². The van der Waals surface area contributed by atoms with Crippen LogP contribution in [-0.4, -0.2) is 14.5 Å². The van der Waals surface area contributed by atoms with Crippen molar-refractivity contribution in [1.82, 2.24) is 14.5 Å². The van der Waals surface area contributed by atoms with Crippen molar-refractivity contribution in [2.45, 2.75) is 6.85 Å². The second-order valence-electron chi connectivity index (χ2n) is 2.11. The Hall–Kier alpha value is -1.16. The van der Waals surface area contributed by atoms with Crippen molar-refractivity contribution in [3.8, 4) is 5.69 Å². The Morgan fingerprint density at radius 2 is 2.62 bits per heavy atom. The highest BCUT2D eigenvalue weighted by molar-refractivity contribution is 9.10. The van der Waals surface area contributed by atoms with Gasteiger partial charge in [0.25, 0.3) is 0 Å². The number of imidazole rings is 1. The van der Waals surface area contributed by atoms with Gasteiger partial charge in [0.2, 0.25) is 0 Å². The number of rotatable bonds is 1. The van der Waals surface area contributed by atoms with Crippen molar-refractivity contribution >= 4 is 15.9 Å². The average Bonchev–Trinajstić information content (AvgIpc) is 2.64. The molecular weight excluding hydrogens is 230 g/mol. The van der Waals surface area contributed by atoms with E-state index in [1.807, 2.05) is 0 Å². The summed E-state index contributed by atoms with van der Waals surface area (Å²) in [6.45, 7) is -2.68. The van der Waals surface area contributed by atoms with E-state index in [1.54, 1.807) is 0 Å². The molecule has 0 radical (unpaired) electrons. The third kappa shape index (κ3) is 1.62. The molecule has 4 heteroatoms. The Bertz CT molecular complexity index is 723. The number of aryl methyl sites for hydroxylation is 1. The van der Waals surface area contributed by atoms with Gasteiger partial charge in [-0.25, -0.2) is 4.98 Å². The van der Waals surface area contributed by atoms with Crippen LogP contribution in [0.15, 0.2) is 35.2 Å². The summed E-state index contributed by atoms with van der Waals surface area (Å²) in [5.74, 6) is -0.514. The fourth-order valence-electron chi connectivity index (χ4n) is 0.805. The van der Waals surface area contributed by atoms with Gasteiger partial charge in [-0.1, -0.05) is 0 Å². The van der Waals surface area contributed by atoms with Crippen LogP contribution in [0.5, 0.6) is 0 Å². The number of pyridine rings is 1. The lowest BCUT2D eigenvalue weighted by Crippen LogP contribution is -1.94. The molecule has 0 N–H and O–H groups in total. The molecule has 0 spiro atoms. The van der Waals surface area contributed by atoms with Crippen molar-refractivity contribution in [3.63, 3.8) is 0 Å². The number of aromatic nitrogens is 3. The maximum atomic E-state index is 7.85. The SMILES string of the molecule is [2H]c1nc([2H])c(-n2c(C([2H])([2H])[2H])nc(Br)c2[2H])c([2H])c1[2H]. The monoisotopic (exact) mass is 245 g/mol. The predicted octanol–water partition coefficient (Wildman–Crippen LogP) is 2.34. The van der Waals surface area contributed by atoms with E-state index in [0.717, 1.165) is 4.57 Å². The fourth-order valence-corrected chi connectivity index (χ4v) is 1.15. The smallest absolute Gasteiger partial charge is 0.124 e. The zero-order valence-electron chi connectivity index (χ0n) is 14.2. The lowest BCUT2D eigenvalue weighted by atomic mass is 10.4. The van der Waals surface area contributed by atoms with E-state index in [-0.39, 0.29) is 16.5 Å². The van der Waals surface area contributed by atoms with Crippen LogP contribution in [0.1, 0.15) is 16.8 Å². The summed E-state index contributed by atoms with van der Waals surface area (Å²) in [4.78, 5) is 7.20. The van der Waals surface area contributed by atoms with Crippen LogP contribution < -0.4 is 0 Å². The molecule has 2 aromatic heterocycles. The average molecular weight is 246 g/mol. The van der Waals surface area contributed by atoms with E-state index in [9.17, 15) is 0 Å². The van der Waals surface area contributed by atoms with Crippen molar-refractivity contribution in [2.75, 3.05) is 0 Å². The highest BCUT2D eigenvalue weighted by atomic mass is 79.9. The second-order valence-corrected chi connectivity index (χ2v) is 2.86. The Morgan fingerprint density at radius 3 is 3.46 bits per heavy atom. The van der Waals surface area contributed by atoms with Gasteiger partial charge in [-0.05, 0) is 34.9 Å². The quantitative estimate of drug-likeness (QED) is 0.773. The minimum Gasteiger partial charge on any atom is -0.301 e. The summed E-state index contributed by atoms with van der Waals surface area (Å²) < 4.78 is 61.3. The molecule has 0 aliphatic rings. The number of hydrogen-bond donors (Lipinski definition) is 0. The molecule has 0 amide bonds. The molecule has 0 saturated carbocycles. The molecule has 13 heavy (non-hydrogen) atoms. The minimum atomic E-state index is -2.68. The van der Waals surface area contributed by atoms with Gasteiger partial charge >= 0.3 is 0 Å². The third-order valence-electron chi connectivity index (χ3n) is 1.30. The number of halogens is 1. The zero-order chi connectivity index (χ0) is 16.1. The first-order chi connectivity index (χ1) is 9.55. The van der Waals surface area contributed by atoms with Crippen molar-refractivity contribution in [3.05, 3.63) is 41.0 Å². The molecule has 0 atom stereocenters. The lowest BCUT2D eigenvalue weighted by Gasteiger charge is -2.01. The summed E-state index contributed by atoms with van der Waals surface area (Å²) in [6, 6.07) is -1.11. The topological polar surface area (TPSA) is 30.7 Å². The van der Waals surface area contributed by atoms with Gasteiger partial charge < -0.3 is 4.57 Å². The normalized spacial score (nSPS) is 20.1. The molecule has 66 valence electrons. The number of hydrogen-bond acceptors (Lipinski definition) is 2. The van der Waals surface area contributed by atoms with Crippen LogP contribution in [-0.2, 0) is 0 Å². The molecule has 0 bridgehead atoms. The Labute approximate surface area is 95.8 Å². The molecule has 0 saturated heterocycles. The van der Waals surface area contributed by atoms with Gasteiger partial charge in [-0.15, -0.1) is 0 Å². The summed E-state index contributed by atoms with van der Waals surface area (Å²) in [6.07, 6.45) is -1.50. The van der Waals surface area contributed by atoms with E-state index in [0.29, 0.717) is 0 Å². The van der Waals surface area contributed by atoms with Crippen LogP contribution in [0.2, 0.25) is 0 Å². The largest absolute Gasteiger partial charge is 0.301 e. The van der Waals surface area contributed by atoms with E-state index in [1.165, 1.54) is 0 Å². The van der Waals surface area contributed by atoms with Gasteiger partial charge in [-0.3, -0.25) is 4.98 Å². The maximum Gasteiger partial charge on any atom is 0.124 e. The van der Waals surface area contributed by atoms with Gasteiger partial charge in [0.15, 0.2) is 0 Å². The summed E-state index contributed by atoms with van der Waals surface area (Å²) in [5.41, 5.74) is -0.356. The van der Waals surface area contributed by atoms with Gasteiger partial charge in [0.1, 0.15) is 10.4 Å². The molecule has 3 nitrogen and oxygen atoms in total. The fraction of sp³-hybridized carbons (Fsp3) is 0.111. The highest BCUT2D eigenvalue weighted by Crippen LogP contribution is 2.14. The van der Waals surface area contributed by atoms with Gasteiger partial charge in [-0.2, -0.15) is 0 Å². The van der Waals surface area contributed by atoms with Crippen LogP contribution >= 0.6 is 15.9 Å². The Morgan fingerprint density at radius 1 is 1.69 bits per heavy atom. The van der Waals surface area contributed by atoms with E-state index >= 15 is 0 Å². The van der Waals surface area contributed by atoms with Crippen LogP contribution in [0.4, 0.5) is 0 Å². The molecule has 0 aliphatic heterocycles. The molecule has 0 fully saturated rings. The first-order valence-electron chi connectivity index (χ1n) is 7.25. The zero-order valence-corrected chi connectivity index (χ0v) is 7.81. The second kappa shape index (κ2) is 3.30. The summed E-state index contributed by atoms with van der Waals surface area (Å²) in [7, 11) is 0. The third-order valence-corrected chi connectivity index (χ3v) is 1.65.